The van der Waals surface area contributed by atoms with Crippen LogP contribution < -0.4 is 20.7 Å². The topological polar surface area (TPSA) is 57.4 Å². The van der Waals surface area contributed by atoms with E-state index in [0.717, 1.165) is 66.1 Å². The zero-order chi connectivity index (χ0) is 40.9. The molecule has 2 aromatic heterocycles. The Bertz CT molecular complexity index is 3440. The van der Waals surface area contributed by atoms with Crippen molar-refractivity contribution in [3.05, 3.63) is 230 Å². The fraction of sp³-hybridized carbons (Fsp3) is 0. The maximum Gasteiger partial charge on any atom is 0.179 e. The molecule has 2 heterocycles. The molecule has 0 spiro atoms. The van der Waals surface area contributed by atoms with Crippen LogP contribution in [0.4, 0.5) is 0 Å². The van der Waals surface area contributed by atoms with Gasteiger partial charge in [-0.1, -0.05) is 152 Å². The summed E-state index contributed by atoms with van der Waals surface area (Å²) in [7, 11) is -2.71. The van der Waals surface area contributed by atoms with Crippen LogP contribution in [0.5, 0.6) is 0 Å². The lowest BCUT2D eigenvalue weighted by atomic mass is 9.99. The maximum atomic E-state index is 10.1. The van der Waals surface area contributed by atoms with E-state index in [2.05, 4.69) is 209 Å². The molecule has 284 valence electrons. The summed E-state index contributed by atoms with van der Waals surface area (Å²) in [5.74, 6) is 0. The Balaban J connectivity index is 1.12. The van der Waals surface area contributed by atoms with Gasteiger partial charge >= 0.3 is 0 Å². The molecule has 0 aliphatic heterocycles. The molecule has 0 bridgehead atoms. The molecule has 0 N–H and O–H groups in total. The fourth-order valence-corrected chi connectivity index (χ4v) is 14.4. The quantitative estimate of drug-likeness (QED) is 0.119. The minimum atomic E-state index is -2.71. The largest absolute Gasteiger partial charge is 0.309 e. The van der Waals surface area contributed by atoms with Gasteiger partial charge < -0.3 is 9.13 Å². The standard InChI is InChI=1S/C56H36N4Si/c57-37-39-14-12-15-43(34-39)60-53-25-11-10-22-49(53)50-24-13-23-48(56(50)60)41-27-33-55-52(36-41)51-35-40(38-58)26-32-54(51)59(55)42-28-30-47(31-29-42)61(44-16-4-1-5-17-44,45-18-6-2-7-19-45)46-20-8-3-9-21-46/h1-36H. The SMILES string of the molecule is N#Cc1cccc(-n2c3ccccc3c3cccc(-c4ccc5c(c4)c4cc(C#N)ccc4n5-c4ccc([Si](c5ccccc5)(c5ccccc5)c5ccccc5)cc4)c32)c1. The van der Waals surface area contributed by atoms with Crippen LogP contribution in [-0.4, -0.2) is 17.2 Å². The number of nitrogens with zero attached hydrogens (tertiary/aromatic N) is 4. The fourth-order valence-electron chi connectivity index (χ4n) is 9.70. The Kier molecular flexibility index (Phi) is 8.57. The molecule has 5 heteroatoms. The molecular formula is C56H36N4Si. The average molecular weight is 793 g/mol. The highest BCUT2D eigenvalue weighted by molar-refractivity contribution is 7.19. The van der Waals surface area contributed by atoms with Crippen molar-refractivity contribution in [3.63, 3.8) is 0 Å². The Morgan fingerprint density at radius 2 is 0.869 bits per heavy atom. The van der Waals surface area contributed by atoms with Gasteiger partial charge in [0.1, 0.15) is 0 Å². The van der Waals surface area contributed by atoms with Crippen LogP contribution in [0.1, 0.15) is 11.1 Å². The van der Waals surface area contributed by atoms with Gasteiger partial charge in [-0.2, -0.15) is 10.5 Å². The molecule has 11 rings (SSSR count). The average Bonchev–Trinajstić information content (AvgIpc) is 3.85. The Morgan fingerprint density at radius 3 is 1.52 bits per heavy atom. The summed E-state index contributed by atoms with van der Waals surface area (Å²) in [4.78, 5) is 0. The molecule has 0 saturated carbocycles. The highest BCUT2D eigenvalue weighted by Gasteiger charge is 2.41. The molecule has 0 aliphatic rings. The molecule has 0 amide bonds. The Labute approximate surface area is 354 Å². The van der Waals surface area contributed by atoms with E-state index < -0.39 is 8.07 Å². The summed E-state index contributed by atoms with van der Waals surface area (Å²) in [6, 6.07) is 82.5. The third-order valence-corrected chi connectivity index (χ3v) is 17.1. The lowest BCUT2D eigenvalue weighted by Gasteiger charge is -2.34. The Hall–Kier alpha value is -8.22. The lowest BCUT2D eigenvalue weighted by Crippen LogP contribution is -2.74. The van der Waals surface area contributed by atoms with Crippen LogP contribution in [0.25, 0.3) is 66.1 Å². The zero-order valence-corrected chi connectivity index (χ0v) is 34.1. The summed E-state index contributed by atoms with van der Waals surface area (Å²) < 4.78 is 4.62. The summed E-state index contributed by atoms with van der Waals surface area (Å²) >= 11 is 0. The van der Waals surface area contributed by atoms with E-state index in [0.29, 0.717) is 11.1 Å². The number of rotatable bonds is 7. The van der Waals surface area contributed by atoms with E-state index >= 15 is 0 Å². The third kappa shape index (κ3) is 5.64. The number of hydrogen-bond donors (Lipinski definition) is 0. The van der Waals surface area contributed by atoms with Gasteiger partial charge in [-0.3, -0.25) is 0 Å². The number of aromatic nitrogens is 2. The number of benzene rings is 9. The van der Waals surface area contributed by atoms with Gasteiger partial charge in [0, 0.05) is 38.5 Å². The zero-order valence-electron chi connectivity index (χ0n) is 33.1. The summed E-state index contributed by atoms with van der Waals surface area (Å²) in [5.41, 5.74) is 9.65. The van der Waals surface area contributed by atoms with Crippen LogP contribution in [0.2, 0.25) is 0 Å². The van der Waals surface area contributed by atoms with Crippen LogP contribution in [-0.2, 0) is 0 Å². The van der Waals surface area contributed by atoms with E-state index in [1.165, 1.54) is 20.7 Å². The second-order valence-electron chi connectivity index (χ2n) is 15.5. The second kappa shape index (κ2) is 14.6. The van der Waals surface area contributed by atoms with Crippen LogP contribution in [0.3, 0.4) is 0 Å². The number of fused-ring (bicyclic) bond motifs is 6. The van der Waals surface area contributed by atoms with Crippen molar-refractivity contribution in [3.8, 4) is 34.6 Å². The van der Waals surface area contributed by atoms with E-state index in [-0.39, 0.29) is 0 Å². The highest BCUT2D eigenvalue weighted by atomic mass is 28.3. The van der Waals surface area contributed by atoms with Crippen molar-refractivity contribution >= 4 is 72.4 Å². The predicted octanol–water partition coefficient (Wildman–Crippen LogP) is 10.7. The van der Waals surface area contributed by atoms with E-state index in [9.17, 15) is 10.5 Å². The number of para-hydroxylation sites is 2. The molecule has 9 aromatic carbocycles. The van der Waals surface area contributed by atoms with Crippen molar-refractivity contribution in [2.24, 2.45) is 0 Å². The number of nitriles is 2. The monoisotopic (exact) mass is 792 g/mol. The molecule has 61 heavy (non-hydrogen) atoms. The van der Waals surface area contributed by atoms with Crippen molar-refractivity contribution in [1.29, 1.82) is 10.5 Å². The molecule has 0 fully saturated rings. The van der Waals surface area contributed by atoms with Crippen molar-refractivity contribution in [1.82, 2.24) is 9.13 Å². The first-order valence-corrected chi connectivity index (χ1v) is 22.5. The highest BCUT2D eigenvalue weighted by Crippen LogP contribution is 2.41. The summed E-state index contributed by atoms with van der Waals surface area (Å²) in [6.45, 7) is 0. The van der Waals surface area contributed by atoms with Crippen molar-refractivity contribution in [2.75, 3.05) is 0 Å². The molecule has 0 atom stereocenters. The van der Waals surface area contributed by atoms with E-state index in [1.807, 2.05) is 30.3 Å². The van der Waals surface area contributed by atoms with Gasteiger partial charge in [-0.05, 0) is 93.0 Å². The molecule has 0 aliphatic carbocycles. The van der Waals surface area contributed by atoms with Gasteiger partial charge in [0.05, 0.1) is 45.3 Å². The molecule has 0 saturated heterocycles. The van der Waals surface area contributed by atoms with Crippen LogP contribution >= 0.6 is 0 Å². The van der Waals surface area contributed by atoms with Gasteiger partial charge in [0.15, 0.2) is 8.07 Å². The minimum Gasteiger partial charge on any atom is -0.309 e. The lowest BCUT2D eigenvalue weighted by molar-refractivity contribution is 1.18. The second-order valence-corrected chi connectivity index (χ2v) is 19.3. The van der Waals surface area contributed by atoms with Gasteiger partial charge in [0.2, 0.25) is 0 Å². The van der Waals surface area contributed by atoms with Crippen molar-refractivity contribution < 1.29 is 0 Å². The minimum absolute atomic E-state index is 0.615. The summed E-state index contributed by atoms with van der Waals surface area (Å²) in [5, 5.41) is 29.6. The van der Waals surface area contributed by atoms with Crippen LogP contribution in [0, 0.1) is 22.7 Å². The van der Waals surface area contributed by atoms with Gasteiger partial charge in [-0.25, -0.2) is 0 Å². The van der Waals surface area contributed by atoms with Crippen molar-refractivity contribution in [2.45, 2.75) is 0 Å². The number of hydrogen-bond acceptors (Lipinski definition) is 2. The smallest absolute Gasteiger partial charge is 0.179 e. The molecular weight excluding hydrogens is 757 g/mol. The first-order chi connectivity index (χ1) is 30.2. The first kappa shape index (κ1) is 35.9. The van der Waals surface area contributed by atoms with Crippen LogP contribution in [0.15, 0.2) is 218 Å². The predicted molar refractivity (Wildman–Crippen MR) is 254 cm³/mol. The summed E-state index contributed by atoms with van der Waals surface area (Å²) in [6.07, 6.45) is 0. The molecule has 0 unspecified atom stereocenters. The van der Waals surface area contributed by atoms with E-state index in [1.54, 1.807) is 0 Å². The normalized spacial score (nSPS) is 11.6. The molecule has 11 aromatic rings. The molecule has 4 nitrogen and oxygen atoms in total. The van der Waals surface area contributed by atoms with Gasteiger partial charge in [0.25, 0.3) is 0 Å². The Morgan fingerprint density at radius 1 is 0.344 bits per heavy atom. The third-order valence-electron chi connectivity index (χ3n) is 12.3. The maximum absolute atomic E-state index is 10.1. The van der Waals surface area contributed by atoms with Gasteiger partial charge in [-0.15, -0.1) is 0 Å². The van der Waals surface area contributed by atoms with E-state index in [4.69, 9.17) is 0 Å². The molecule has 0 radical (unpaired) electrons. The first-order valence-electron chi connectivity index (χ1n) is 20.5.